The minimum Gasteiger partial charge on any atom is -0.351 e. The Labute approximate surface area is 157 Å². The van der Waals surface area contributed by atoms with E-state index in [-0.39, 0.29) is 29.8 Å². The number of nitrogens with one attached hydrogen (secondary N) is 2. The molecule has 27 heavy (non-hydrogen) atoms. The van der Waals surface area contributed by atoms with Crippen LogP contribution < -0.4 is 14.9 Å². The first-order chi connectivity index (χ1) is 13.0. The maximum absolute atomic E-state index is 12.3. The van der Waals surface area contributed by atoms with Crippen LogP contribution in [0.3, 0.4) is 0 Å². The number of carbonyl (C=O) groups is 2. The highest BCUT2D eigenvalue weighted by atomic mass is 32.2. The average molecular weight is 388 g/mol. The lowest BCUT2D eigenvalue weighted by atomic mass is 10.3. The van der Waals surface area contributed by atoms with Crippen LogP contribution in [0.1, 0.15) is 23.2 Å². The number of sulfonamides is 1. The van der Waals surface area contributed by atoms with Crippen molar-refractivity contribution in [1.82, 2.24) is 15.0 Å². The van der Waals surface area contributed by atoms with E-state index in [4.69, 9.17) is 0 Å². The lowest BCUT2D eigenvalue weighted by Gasteiger charge is -2.16. The fraction of sp³-hybridized carbons (Fsp3) is 0.278. The molecule has 0 saturated carbocycles. The summed E-state index contributed by atoms with van der Waals surface area (Å²) in [7, 11) is -3.69. The molecule has 1 aromatic heterocycles. The second kappa shape index (κ2) is 8.28. The number of hydrogen-bond acceptors (Lipinski definition) is 5. The second-order valence-corrected chi connectivity index (χ2v) is 7.81. The maximum atomic E-state index is 12.3. The maximum Gasteiger partial charge on any atom is 0.252 e. The Morgan fingerprint density at radius 1 is 1.15 bits per heavy atom. The number of aromatic nitrogens is 1. The number of rotatable bonds is 7. The first-order valence-corrected chi connectivity index (χ1v) is 10.0. The fourth-order valence-electron chi connectivity index (χ4n) is 2.77. The molecule has 0 spiro atoms. The molecular formula is C18H20N4O4S. The third-order valence-electron chi connectivity index (χ3n) is 4.16. The Kier molecular flexibility index (Phi) is 5.82. The number of nitrogens with zero attached hydrogens (tertiary/aromatic N) is 2. The van der Waals surface area contributed by atoms with Gasteiger partial charge in [0.05, 0.1) is 10.5 Å². The number of pyridine rings is 1. The molecule has 1 fully saturated rings. The first kappa shape index (κ1) is 19.0. The van der Waals surface area contributed by atoms with Crippen molar-refractivity contribution in [3.05, 3.63) is 54.4 Å². The smallest absolute Gasteiger partial charge is 0.252 e. The Hall–Kier alpha value is -2.78. The molecule has 0 unspecified atom stereocenters. The van der Waals surface area contributed by atoms with Crippen LogP contribution in [0.15, 0.2) is 53.7 Å². The number of amides is 2. The van der Waals surface area contributed by atoms with Gasteiger partial charge in [0.15, 0.2) is 0 Å². The minimum absolute atomic E-state index is 0.0492. The highest BCUT2D eigenvalue weighted by Crippen LogP contribution is 2.22. The summed E-state index contributed by atoms with van der Waals surface area (Å²) in [6, 6.07) is 9.47. The van der Waals surface area contributed by atoms with E-state index in [0.717, 1.165) is 6.42 Å². The van der Waals surface area contributed by atoms with Crippen LogP contribution in [0, 0.1) is 0 Å². The SMILES string of the molecule is O=C(NCCNS(=O)(=O)c1ccc(N2CCCC2=O)cc1)c1cccnc1. The van der Waals surface area contributed by atoms with Gasteiger partial charge in [-0.25, -0.2) is 13.1 Å². The van der Waals surface area contributed by atoms with Gasteiger partial charge in [-0.05, 0) is 42.8 Å². The Morgan fingerprint density at radius 2 is 1.93 bits per heavy atom. The molecule has 2 aromatic rings. The molecule has 0 bridgehead atoms. The van der Waals surface area contributed by atoms with Crippen molar-refractivity contribution >= 4 is 27.5 Å². The quantitative estimate of drug-likeness (QED) is 0.686. The molecule has 8 nitrogen and oxygen atoms in total. The van der Waals surface area contributed by atoms with Crippen molar-refractivity contribution in [2.75, 3.05) is 24.5 Å². The molecule has 9 heteroatoms. The normalized spacial score (nSPS) is 14.4. The van der Waals surface area contributed by atoms with Crippen molar-refractivity contribution < 1.29 is 18.0 Å². The Morgan fingerprint density at radius 3 is 2.56 bits per heavy atom. The van der Waals surface area contributed by atoms with E-state index < -0.39 is 10.0 Å². The van der Waals surface area contributed by atoms with Crippen LogP contribution in [-0.2, 0) is 14.8 Å². The summed E-state index contributed by atoms with van der Waals surface area (Å²) in [6.07, 6.45) is 4.33. The predicted molar refractivity (Wildman–Crippen MR) is 99.8 cm³/mol. The van der Waals surface area contributed by atoms with Crippen molar-refractivity contribution in [2.45, 2.75) is 17.7 Å². The molecule has 2 N–H and O–H groups in total. The molecule has 3 rings (SSSR count). The van der Waals surface area contributed by atoms with Gasteiger partial charge in [0, 0.05) is 44.1 Å². The lowest BCUT2D eigenvalue weighted by molar-refractivity contribution is -0.117. The zero-order valence-corrected chi connectivity index (χ0v) is 15.4. The molecule has 0 radical (unpaired) electrons. The third-order valence-corrected chi connectivity index (χ3v) is 5.64. The highest BCUT2D eigenvalue weighted by Gasteiger charge is 2.22. The molecule has 0 atom stereocenters. The summed E-state index contributed by atoms with van der Waals surface area (Å²) in [5, 5.41) is 2.62. The number of anilines is 1. The Balaban J connectivity index is 1.52. The number of carbonyl (C=O) groups excluding carboxylic acids is 2. The van der Waals surface area contributed by atoms with Crippen molar-refractivity contribution in [3.8, 4) is 0 Å². The Bertz CT molecular complexity index is 914. The first-order valence-electron chi connectivity index (χ1n) is 8.56. The minimum atomic E-state index is -3.69. The molecule has 1 aliphatic rings. The zero-order valence-electron chi connectivity index (χ0n) is 14.6. The van der Waals surface area contributed by atoms with E-state index in [9.17, 15) is 18.0 Å². The van der Waals surface area contributed by atoms with E-state index in [1.807, 2.05) is 0 Å². The van der Waals surface area contributed by atoms with Crippen LogP contribution in [-0.4, -0.2) is 44.9 Å². The standard InChI is InChI=1S/C18H20N4O4S/c23-17-4-2-12-22(17)15-5-7-16(8-6-15)27(25,26)21-11-10-20-18(24)14-3-1-9-19-13-14/h1,3,5-9,13,21H,2,4,10-12H2,(H,20,24). The van der Waals surface area contributed by atoms with Gasteiger partial charge in [-0.1, -0.05) is 0 Å². The van der Waals surface area contributed by atoms with E-state index >= 15 is 0 Å². The molecule has 1 saturated heterocycles. The van der Waals surface area contributed by atoms with E-state index in [1.165, 1.54) is 18.3 Å². The third kappa shape index (κ3) is 4.69. The van der Waals surface area contributed by atoms with Gasteiger partial charge in [-0.2, -0.15) is 0 Å². The van der Waals surface area contributed by atoms with Crippen molar-refractivity contribution in [2.24, 2.45) is 0 Å². The van der Waals surface area contributed by atoms with Gasteiger partial charge >= 0.3 is 0 Å². The molecule has 2 amide bonds. The van der Waals surface area contributed by atoms with Crippen LogP contribution in [0.25, 0.3) is 0 Å². The van der Waals surface area contributed by atoms with Crippen LogP contribution >= 0.6 is 0 Å². The number of benzene rings is 1. The van der Waals surface area contributed by atoms with E-state index in [2.05, 4.69) is 15.0 Å². The molecule has 2 heterocycles. The van der Waals surface area contributed by atoms with Gasteiger partial charge < -0.3 is 10.2 Å². The van der Waals surface area contributed by atoms with Crippen molar-refractivity contribution in [1.29, 1.82) is 0 Å². The van der Waals surface area contributed by atoms with E-state index in [1.54, 1.807) is 35.4 Å². The molecule has 142 valence electrons. The molecule has 1 aromatic carbocycles. The zero-order chi connectivity index (χ0) is 19.3. The monoisotopic (exact) mass is 388 g/mol. The topological polar surface area (TPSA) is 108 Å². The van der Waals surface area contributed by atoms with Gasteiger partial charge in [-0.15, -0.1) is 0 Å². The predicted octanol–water partition coefficient (Wildman–Crippen LogP) is 0.917. The summed E-state index contributed by atoms with van der Waals surface area (Å²) < 4.78 is 27.1. The van der Waals surface area contributed by atoms with Crippen LogP contribution in [0.2, 0.25) is 0 Å². The highest BCUT2D eigenvalue weighted by molar-refractivity contribution is 7.89. The van der Waals surface area contributed by atoms with Crippen LogP contribution in [0.5, 0.6) is 0 Å². The summed E-state index contributed by atoms with van der Waals surface area (Å²) in [6.45, 7) is 0.855. The van der Waals surface area contributed by atoms with Crippen molar-refractivity contribution in [3.63, 3.8) is 0 Å². The van der Waals surface area contributed by atoms with Crippen LogP contribution in [0.4, 0.5) is 5.69 Å². The van der Waals surface area contributed by atoms with Gasteiger partial charge in [0.2, 0.25) is 15.9 Å². The lowest BCUT2D eigenvalue weighted by Crippen LogP contribution is -2.34. The summed E-state index contributed by atoms with van der Waals surface area (Å²) in [5.74, 6) is -0.268. The van der Waals surface area contributed by atoms with Gasteiger partial charge in [-0.3, -0.25) is 14.6 Å². The summed E-state index contributed by atoms with van der Waals surface area (Å²) >= 11 is 0. The van der Waals surface area contributed by atoms with Gasteiger partial charge in [0.1, 0.15) is 0 Å². The second-order valence-electron chi connectivity index (χ2n) is 6.04. The number of hydrogen-bond donors (Lipinski definition) is 2. The summed E-state index contributed by atoms with van der Waals surface area (Å²) in [5.41, 5.74) is 1.10. The fourth-order valence-corrected chi connectivity index (χ4v) is 3.80. The largest absolute Gasteiger partial charge is 0.351 e. The average Bonchev–Trinajstić information content (AvgIpc) is 3.12. The molecule has 0 aliphatic carbocycles. The van der Waals surface area contributed by atoms with Gasteiger partial charge in [0.25, 0.3) is 5.91 Å². The van der Waals surface area contributed by atoms with E-state index in [0.29, 0.717) is 24.2 Å². The molecule has 1 aliphatic heterocycles. The summed E-state index contributed by atoms with van der Waals surface area (Å²) in [4.78, 5) is 29.2. The molecular weight excluding hydrogens is 368 g/mol.